The van der Waals surface area contributed by atoms with E-state index in [9.17, 15) is 53.4 Å². The second kappa shape index (κ2) is 31.9. The molecule has 0 spiro atoms. The predicted octanol–water partition coefficient (Wildman–Crippen LogP) is 1.53. The number of hydrogen-bond acceptors (Lipinski definition) is 15. The Morgan fingerprint density at radius 3 is 1.84 bits per heavy atom. The molecule has 1 unspecified atom stereocenters. The first kappa shape index (κ1) is 64.1. The molecule has 25 heteroatoms. The van der Waals surface area contributed by atoms with Crippen LogP contribution in [0.5, 0.6) is 5.75 Å². The third-order valence-electron chi connectivity index (χ3n) is 13.0. The number of phenols is 1. The molecule has 0 aromatic heterocycles. The lowest BCUT2D eigenvalue weighted by Gasteiger charge is -2.29. The molecule has 4 aromatic carbocycles. The minimum atomic E-state index is -1.73. The zero-order chi connectivity index (χ0) is 58.5. The molecule has 1 aliphatic heterocycles. The highest BCUT2D eigenvalue weighted by Crippen LogP contribution is 2.26. The van der Waals surface area contributed by atoms with Gasteiger partial charge in [-0.3, -0.25) is 43.2 Å². The second-order valence-corrected chi connectivity index (χ2v) is 22.8. The number of aliphatic hydroxyl groups is 1. The zero-order valence-corrected chi connectivity index (χ0v) is 47.2. The SMILES string of the molecule is CNCCCC[C@@H]1NC(=O)[C@@H](Cc2ccc(C(N)=O)cc2)NC(=O)[C@H](Cc2ccc(Cl)cc2)CC(=O)[C@H](NC(=O)[C@@H](N)Cc2ccc(Cl)cc2)CSSC[C@@H](C(=O)NC(Cc2ccc(O)cc2)C(N)=O)NC(=O)[C@H]([C@@H](C)O)NC1=O. The summed E-state index contributed by atoms with van der Waals surface area (Å²) in [6.45, 7) is 1.77. The van der Waals surface area contributed by atoms with Gasteiger partial charge in [0.1, 0.15) is 36.0 Å². The molecule has 0 aliphatic carbocycles. The first-order valence-corrected chi connectivity index (χ1v) is 29.0. The first-order valence-electron chi connectivity index (χ1n) is 25.7. The fraction of sp³-hybridized carbons (Fsp3) is 0.400. The zero-order valence-electron chi connectivity index (χ0n) is 44.1. The molecule has 15 N–H and O–H groups in total. The van der Waals surface area contributed by atoms with E-state index in [0.29, 0.717) is 51.7 Å². The number of primary amides is 2. The van der Waals surface area contributed by atoms with Crippen LogP contribution in [0.2, 0.25) is 10.0 Å². The average Bonchev–Trinajstić information content (AvgIpc) is 3.42. The molecule has 9 atom stereocenters. The Kier molecular flexibility index (Phi) is 25.6. The van der Waals surface area contributed by atoms with Crippen LogP contribution in [0.1, 0.15) is 65.2 Å². The van der Waals surface area contributed by atoms with Crippen LogP contribution in [-0.2, 0) is 64.0 Å². The molecule has 0 bridgehead atoms. The lowest BCUT2D eigenvalue weighted by molar-refractivity contribution is -0.137. The highest BCUT2D eigenvalue weighted by molar-refractivity contribution is 8.76. The number of halogens is 2. The van der Waals surface area contributed by atoms with Crippen molar-refractivity contribution in [2.45, 2.75) is 107 Å². The maximum Gasteiger partial charge on any atom is 0.248 e. The number of unbranched alkanes of at least 4 members (excludes halogenated alkanes) is 1. The van der Waals surface area contributed by atoms with E-state index < -0.39 is 114 Å². The fourth-order valence-electron chi connectivity index (χ4n) is 8.44. The van der Waals surface area contributed by atoms with Crippen LogP contribution in [0.3, 0.4) is 0 Å². The number of ketones is 1. The fourth-order valence-corrected chi connectivity index (χ4v) is 11.1. The molecular weight excluding hydrogens is 1110 g/mol. The third-order valence-corrected chi connectivity index (χ3v) is 15.9. The molecule has 1 heterocycles. The van der Waals surface area contributed by atoms with Gasteiger partial charge in [0, 0.05) is 52.3 Å². The van der Waals surface area contributed by atoms with E-state index >= 15 is 0 Å². The van der Waals surface area contributed by atoms with Gasteiger partial charge in [0.25, 0.3) is 0 Å². The van der Waals surface area contributed by atoms with Crippen molar-refractivity contribution in [1.29, 1.82) is 0 Å². The van der Waals surface area contributed by atoms with Gasteiger partial charge >= 0.3 is 0 Å². The van der Waals surface area contributed by atoms with Crippen LogP contribution >= 0.6 is 44.8 Å². The topological polar surface area (TPSA) is 356 Å². The second-order valence-electron chi connectivity index (χ2n) is 19.4. The summed E-state index contributed by atoms with van der Waals surface area (Å²) in [5, 5.41) is 40.8. The molecule has 21 nitrogen and oxygen atoms in total. The standard InChI is InChI=1S/C55H68Cl2N10O11S2/c1-30(68)47-55(78)66-45(54(77)63-42(49(60)72)25-34-12-20-39(69)21-13-34)29-80-79-28-44(65-51(74)40(58)24-32-10-18-38(57)19-11-32)46(70)27-36(23-31-8-16-37(56)17-9-31)50(73)64-43(26-33-6-14-35(15-7-33)48(59)71)53(76)62-41(52(75)67-47)5-3-4-22-61-2/h6-21,30,36,40-45,47,61,68-69H,3-5,22-29,58H2,1-2H3,(H2,59,71)(H2,60,72)(H,62,76)(H,63,77)(H,64,73)(H,65,74)(H,66,78)(H,67,75)/t30-,36-,40+,41+,42?,43-,44-,45+,47+/m1/s1. The molecular formula is C55H68Cl2N10O11S2. The Labute approximate surface area is 481 Å². The molecule has 8 amide bonds. The first-order chi connectivity index (χ1) is 38.1. The van der Waals surface area contributed by atoms with Crippen molar-refractivity contribution in [2.24, 2.45) is 23.1 Å². The maximum atomic E-state index is 14.8. The number of phenolic OH excluding ortho intramolecular Hbond substituents is 1. The number of amides is 8. The Balaban J connectivity index is 1.58. The number of carbonyl (C=O) groups excluding carboxylic acids is 9. The average molecular weight is 1180 g/mol. The number of nitrogens with one attached hydrogen (secondary N) is 7. The molecule has 5 rings (SSSR count). The number of hydrogen-bond donors (Lipinski definition) is 12. The highest BCUT2D eigenvalue weighted by atomic mass is 35.5. The van der Waals surface area contributed by atoms with E-state index in [1.165, 1.54) is 55.5 Å². The molecule has 1 saturated heterocycles. The summed E-state index contributed by atoms with van der Waals surface area (Å²) in [5.41, 5.74) is 20.1. The number of benzene rings is 4. The van der Waals surface area contributed by atoms with Crippen molar-refractivity contribution in [3.63, 3.8) is 0 Å². The van der Waals surface area contributed by atoms with Gasteiger partial charge in [-0.1, -0.05) is 93.3 Å². The Hall–Kier alpha value is -6.73. The molecule has 0 saturated carbocycles. The van der Waals surface area contributed by atoms with Crippen molar-refractivity contribution in [3.05, 3.63) is 135 Å². The number of rotatable bonds is 20. The van der Waals surface area contributed by atoms with E-state index in [0.717, 1.165) is 21.6 Å². The summed E-state index contributed by atoms with van der Waals surface area (Å²) >= 11 is 12.3. The highest BCUT2D eigenvalue weighted by Gasteiger charge is 2.37. The van der Waals surface area contributed by atoms with Crippen LogP contribution in [0.4, 0.5) is 0 Å². The number of aliphatic hydroxyl groups excluding tert-OH is 1. The maximum absolute atomic E-state index is 14.8. The summed E-state index contributed by atoms with van der Waals surface area (Å²) in [7, 11) is 3.74. The van der Waals surface area contributed by atoms with Gasteiger partial charge in [-0.15, -0.1) is 0 Å². The Bertz CT molecular complexity index is 2780. The molecule has 1 aliphatic rings. The summed E-state index contributed by atoms with van der Waals surface area (Å²) < 4.78 is 0. The number of aromatic hydroxyl groups is 1. The molecule has 0 radical (unpaired) electrons. The van der Waals surface area contributed by atoms with Gasteiger partial charge in [0.2, 0.25) is 47.3 Å². The smallest absolute Gasteiger partial charge is 0.248 e. The molecule has 430 valence electrons. The van der Waals surface area contributed by atoms with Crippen molar-refractivity contribution < 1.29 is 53.4 Å². The lowest BCUT2D eigenvalue weighted by atomic mass is 9.90. The predicted molar refractivity (Wildman–Crippen MR) is 307 cm³/mol. The van der Waals surface area contributed by atoms with Gasteiger partial charge in [-0.05, 0) is 123 Å². The van der Waals surface area contributed by atoms with Crippen molar-refractivity contribution >= 4 is 97.8 Å². The summed E-state index contributed by atoms with van der Waals surface area (Å²) in [6, 6.07) is 15.1. The van der Waals surface area contributed by atoms with E-state index in [-0.39, 0.29) is 54.9 Å². The van der Waals surface area contributed by atoms with Gasteiger partial charge < -0.3 is 64.6 Å². The van der Waals surface area contributed by atoms with Gasteiger partial charge in [0.05, 0.1) is 18.2 Å². The quantitative estimate of drug-likeness (QED) is 0.0441. The Morgan fingerprint density at radius 1 is 0.688 bits per heavy atom. The third kappa shape index (κ3) is 20.7. The van der Waals surface area contributed by atoms with Crippen LogP contribution in [-0.4, -0.2) is 137 Å². The van der Waals surface area contributed by atoms with E-state index in [1.807, 2.05) is 0 Å². The van der Waals surface area contributed by atoms with Crippen molar-refractivity contribution in [1.82, 2.24) is 37.2 Å². The Morgan fingerprint density at radius 2 is 1.24 bits per heavy atom. The normalized spacial score (nSPS) is 21.1. The monoisotopic (exact) mass is 1180 g/mol. The number of nitrogens with two attached hydrogens (primary N) is 3. The van der Waals surface area contributed by atoms with E-state index in [4.69, 9.17) is 40.4 Å². The largest absolute Gasteiger partial charge is 0.508 e. The molecule has 1 fully saturated rings. The minimum Gasteiger partial charge on any atom is -0.508 e. The number of Topliss-reactive ketones (excluding diaryl/α,β-unsaturated/α-hetero) is 1. The van der Waals surface area contributed by atoms with Crippen LogP contribution in [0.15, 0.2) is 97.1 Å². The van der Waals surface area contributed by atoms with Gasteiger partial charge in [0.15, 0.2) is 5.78 Å². The van der Waals surface area contributed by atoms with Gasteiger partial charge in [-0.25, -0.2) is 0 Å². The minimum absolute atomic E-state index is 0.0139. The summed E-state index contributed by atoms with van der Waals surface area (Å²) in [6.07, 6.45) is -1.46. The molecule has 4 aromatic rings. The van der Waals surface area contributed by atoms with E-state index in [2.05, 4.69) is 37.2 Å². The molecule has 80 heavy (non-hydrogen) atoms. The lowest BCUT2D eigenvalue weighted by Crippen LogP contribution is -2.62. The van der Waals surface area contributed by atoms with Crippen LogP contribution < -0.4 is 54.4 Å². The van der Waals surface area contributed by atoms with Crippen molar-refractivity contribution in [2.75, 3.05) is 25.1 Å². The van der Waals surface area contributed by atoms with Crippen LogP contribution in [0, 0.1) is 5.92 Å². The number of carbonyl (C=O) groups is 9. The van der Waals surface area contributed by atoms with Crippen LogP contribution in [0.25, 0.3) is 0 Å². The summed E-state index contributed by atoms with van der Waals surface area (Å²) in [4.78, 5) is 126. The summed E-state index contributed by atoms with van der Waals surface area (Å²) in [5.74, 6) is -9.08. The van der Waals surface area contributed by atoms with Gasteiger partial charge in [-0.2, -0.15) is 0 Å². The van der Waals surface area contributed by atoms with Crippen molar-refractivity contribution in [3.8, 4) is 5.75 Å². The van der Waals surface area contributed by atoms with E-state index in [1.54, 1.807) is 55.6 Å².